The maximum absolute atomic E-state index is 14.3. The molecule has 2 aromatic heterocycles. The lowest BCUT2D eigenvalue weighted by Gasteiger charge is -2.26. The summed E-state index contributed by atoms with van der Waals surface area (Å²) in [6, 6.07) is 18.8. The number of carbonyl (C=O) groups is 1. The highest BCUT2D eigenvalue weighted by Crippen LogP contribution is 2.28. The number of carbonyl (C=O) groups excluding carboxylic acids is 1. The number of unbranched alkanes of at least 4 members (excludes halogenated alkanes) is 1. The van der Waals surface area contributed by atoms with Crippen LogP contribution in [0.15, 0.2) is 70.3 Å². The molecular formula is C29H33N5O3. The van der Waals surface area contributed by atoms with Crippen LogP contribution in [0.1, 0.15) is 50.4 Å². The summed E-state index contributed by atoms with van der Waals surface area (Å²) in [7, 11) is 0. The lowest BCUT2D eigenvalue weighted by Crippen LogP contribution is -2.42. The number of nitrogens with two attached hydrogens (primary N) is 1. The third-order valence-electron chi connectivity index (χ3n) is 6.41. The molecule has 2 aromatic carbocycles. The number of amides is 1. The molecule has 3 N–H and O–H groups in total. The van der Waals surface area contributed by atoms with Gasteiger partial charge in [-0.3, -0.25) is 19.1 Å². The monoisotopic (exact) mass is 499 g/mol. The van der Waals surface area contributed by atoms with Gasteiger partial charge in [0.1, 0.15) is 5.82 Å². The summed E-state index contributed by atoms with van der Waals surface area (Å²) < 4.78 is 1.34. The summed E-state index contributed by atoms with van der Waals surface area (Å²) in [5, 5.41) is 0.677. The molecule has 0 aliphatic carbocycles. The third kappa shape index (κ3) is 5.48. The van der Waals surface area contributed by atoms with Crippen molar-refractivity contribution in [3.05, 3.63) is 87.1 Å². The first-order valence-corrected chi connectivity index (χ1v) is 12.7. The van der Waals surface area contributed by atoms with E-state index >= 15 is 0 Å². The van der Waals surface area contributed by atoms with Crippen LogP contribution in [-0.4, -0.2) is 27.0 Å². The zero-order valence-corrected chi connectivity index (χ0v) is 21.5. The molecule has 0 saturated carbocycles. The molecular weight excluding hydrogens is 466 g/mol. The Morgan fingerprint density at radius 3 is 2.49 bits per heavy atom. The molecule has 2 heterocycles. The second kappa shape index (κ2) is 11.2. The van der Waals surface area contributed by atoms with E-state index in [9.17, 15) is 14.4 Å². The quantitative estimate of drug-likeness (QED) is 0.342. The Labute approximate surface area is 215 Å². The van der Waals surface area contributed by atoms with E-state index in [1.807, 2.05) is 75.4 Å². The fraction of sp³-hybridized carbons (Fsp3) is 0.310. The molecule has 8 nitrogen and oxygen atoms in total. The fourth-order valence-electron chi connectivity index (χ4n) is 4.33. The van der Waals surface area contributed by atoms with Crippen molar-refractivity contribution in [2.45, 2.75) is 46.6 Å². The van der Waals surface area contributed by atoms with Gasteiger partial charge in [0.25, 0.3) is 11.5 Å². The van der Waals surface area contributed by atoms with Crippen molar-refractivity contribution in [3.8, 4) is 11.3 Å². The Morgan fingerprint density at radius 2 is 1.78 bits per heavy atom. The molecule has 192 valence electrons. The first-order chi connectivity index (χ1) is 17.8. The summed E-state index contributed by atoms with van der Waals surface area (Å²) in [5.74, 6) is -0.0917. The zero-order chi connectivity index (χ0) is 26.5. The van der Waals surface area contributed by atoms with Crippen LogP contribution < -0.4 is 21.9 Å². The highest BCUT2D eigenvalue weighted by atomic mass is 16.2. The highest BCUT2D eigenvalue weighted by Gasteiger charge is 2.27. The SMILES string of the molecule is CCCCn1c(N)c(N(CCC(C)C)C(=O)c2cc(-c3ccccc3)nc3ccccc23)c(=O)[nH]c1=O. The number of fused-ring (bicyclic) bond motifs is 1. The second-order valence-corrected chi connectivity index (χ2v) is 9.58. The summed E-state index contributed by atoms with van der Waals surface area (Å²) in [6.07, 6.45) is 2.21. The molecule has 0 fully saturated rings. The minimum Gasteiger partial charge on any atom is -0.383 e. The molecule has 0 spiro atoms. The Morgan fingerprint density at radius 1 is 1.08 bits per heavy atom. The fourth-order valence-corrected chi connectivity index (χ4v) is 4.33. The number of benzene rings is 2. The van der Waals surface area contributed by atoms with Gasteiger partial charge in [-0.25, -0.2) is 9.78 Å². The standard InChI is InChI=1S/C29H33N5O3/c1-4-5-16-34-26(30)25(27(35)32-29(34)37)33(17-15-19(2)3)28(36)22-18-24(20-11-7-6-8-12-20)31-23-14-10-9-13-21(22)23/h6-14,18-19H,4-5,15-17,30H2,1-3H3,(H,32,35,37). The van der Waals surface area contributed by atoms with E-state index in [1.165, 1.54) is 9.47 Å². The van der Waals surface area contributed by atoms with Gasteiger partial charge in [0, 0.05) is 24.0 Å². The molecule has 0 bridgehead atoms. The lowest BCUT2D eigenvalue weighted by molar-refractivity contribution is 0.0987. The Kier molecular flexibility index (Phi) is 7.86. The molecule has 0 unspecified atom stereocenters. The summed E-state index contributed by atoms with van der Waals surface area (Å²) in [5.41, 5.74) is 7.80. The predicted octanol–water partition coefficient (Wildman–Crippen LogP) is 4.83. The average Bonchev–Trinajstić information content (AvgIpc) is 2.89. The van der Waals surface area contributed by atoms with E-state index < -0.39 is 11.2 Å². The number of H-pyrrole nitrogens is 1. The summed E-state index contributed by atoms with van der Waals surface area (Å²) in [6.45, 7) is 6.73. The van der Waals surface area contributed by atoms with Crippen LogP contribution >= 0.6 is 0 Å². The molecule has 0 radical (unpaired) electrons. The van der Waals surface area contributed by atoms with Gasteiger partial charge in [0.2, 0.25) is 0 Å². The minimum absolute atomic E-state index is 0.000880. The van der Waals surface area contributed by atoms with Crippen LogP contribution in [0.4, 0.5) is 11.5 Å². The van der Waals surface area contributed by atoms with Gasteiger partial charge in [-0.15, -0.1) is 0 Å². The van der Waals surface area contributed by atoms with Crippen molar-refractivity contribution in [1.82, 2.24) is 14.5 Å². The molecule has 0 saturated heterocycles. The Balaban J connectivity index is 1.92. The van der Waals surface area contributed by atoms with E-state index in [0.717, 1.165) is 12.0 Å². The van der Waals surface area contributed by atoms with Gasteiger partial charge in [-0.2, -0.15) is 0 Å². The van der Waals surface area contributed by atoms with Crippen molar-refractivity contribution < 1.29 is 4.79 Å². The van der Waals surface area contributed by atoms with E-state index in [-0.39, 0.29) is 29.9 Å². The summed E-state index contributed by atoms with van der Waals surface area (Å²) >= 11 is 0. The molecule has 0 aliphatic heterocycles. The van der Waals surface area contributed by atoms with Gasteiger partial charge < -0.3 is 10.6 Å². The Hall–Kier alpha value is -4.20. The van der Waals surface area contributed by atoms with Gasteiger partial charge in [0.05, 0.1) is 16.8 Å². The van der Waals surface area contributed by atoms with Crippen LogP contribution in [-0.2, 0) is 6.54 Å². The van der Waals surface area contributed by atoms with Crippen LogP contribution in [0.2, 0.25) is 0 Å². The van der Waals surface area contributed by atoms with Gasteiger partial charge in [-0.05, 0) is 30.9 Å². The maximum atomic E-state index is 14.3. The normalized spacial score (nSPS) is 11.2. The predicted molar refractivity (Wildman–Crippen MR) is 149 cm³/mol. The molecule has 4 rings (SSSR count). The largest absolute Gasteiger partial charge is 0.383 e. The van der Waals surface area contributed by atoms with Gasteiger partial charge >= 0.3 is 5.69 Å². The number of aromatic nitrogens is 3. The number of aromatic amines is 1. The molecule has 4 aromatic rings. The maximum Gasteiger partial charge on any atom is 0.330 e. The number of para-hydroxylation sites is 1. The third-order valence-corrected chi connectivity index (χ3v) is 6.41. The van der Waals surface area contributed by atoms with Crippen molar-refractivity contribution >= 4 is 28.3 Å². The van der Waals surface area contributed by atoms with Crippen LogP contribution in [0.25, 0.3) is 22.2 Å². The van der Waals surface area contributed by atoms with Gasteiger partial charge in [0.15, 0.2) is 5.69 Å². The second-order valence-electron chi connectivity index (χ2n) is 9.58. The van der Waals surface area contributed by atoms with E-state index in [0.29, 0.717) is 41.5 Å². The van der Waals surface area contributed by atoms with Crippen molar-refractivity contribution in [1.29, 1.82) is 0 Å². The summed E-state index contributed by atoms with van der Waals surface area (Å²) in [4.78, 5) is 48.5. The van der Waals surface area contributed by atoms with Crippen LogP contribution in [0, 0.1) is 5.92 Å². The van der Waals surface area contributed by atoms with E-state index in [1.54, 1.807) is 6.07 Å². The number of anilines is 2. The number of rotatable bonds is 9. The highest BCUT2D eigenvalue weighted by molar-refractivity contribution is 6.14. The number of pyridine rings is 1. The van der Waals surface area contributed by atoms with Crippen molar-refractivity contribution in [2.75, 3.05) is 17.2 Å². The zero-order valence-electron chi connectivity index (χ0n) is 21.5. The van der Waals surface area contributed by atoms with Gasteiger partial charge in [-0.1, -0.05) is 75.7 Å². The van der Waals surface area contributed by atoms with E-state index in [4.69, 9.17) is 10.7 Å². The minimum atomic E-state index is -0.672. The number of nitrogens with zero attached hydrogens (tertiary/aromatic N) is 3. The smallest absolute Gasteiger partial charge is 0.330 e. The van der Waals surface area contributed by atoms with Crippen LogP contribution in [0.3, 0.4) is 0 Å². The van der Waals surface area contributed by atoms with Crippen molar-refractivity contribution in [2.24, 2.45) is 5.92 Å². The molecule has 0 atom stereocenters. The number of nitrogen functional groups attached to an aromatic ring is 1. The number of hydrogen-bond donors (Lipinski definition) is 2. The van der Waals surface area contributed by atoms with E-state index in [2.05, 4.69) is 4.98 Å². The number of nitrogens with one attached hydrogen (secondary N) is 1. The molecule has 37 heavy (non-hydrogen) atoms. The van der Waals surface area contributed by atoms with Crippen molar-refractivity contribution in [3.63, 3.8) is 0 Å². The molecule has 0 aliphatic rings. The topological polar surface area (TPSA) is 114 Å². The first kappa shape index (κ1) is 25.9. The lowest BCUT2D eigenvalue weighted by atomic mass is 10.0. The van der Waals surface area contributed by atoms with Crippen LogP contribution in [0.5, 0.6) is 0 Å². The Bertz CT molecular complexity index is 1520. The number of hydrogen-bond acceptors (Lipinski definition) is 5. The molecule has 8 heteroatoms. The first-order valence-electron chi connectivity index (χ1n) is 12.7. The molecule has 1 amide bonds. The average molecular weight is 500 g/mol.